The Labute approximate surface area is 81.0 Å². The van der Waals surface area contributed by atoms with Gasteiger partial charge in [-0.3, -0.25) is 0 Å². The molecule has 0 aromatic heterocycles. The topological polar surface area (TPSA) is 26.0 Å². The smallest absolute Gasteiger partial charge is 0.0346 e. The first-order valence-corrected chi connectivity index (χ1v) is 5.15. The van der Waals surface area contributed by atoms with E-state index < -0.39 is 0 Å². The Bertz CT molecular complexity index is 260. The minimum atomic E-state index is 0.950. The predicted molar refractivity (Wildman–Crippen MR) is 59.0 cm³/mol. The molecule has 1 heteroatoms. The summed E-state index contributed by atoms with van der Waals surface area (Å²) in [6.07, 6.45) is 3.77. The maximum Gasteiger partial charge on any atom is 0.0346 e. The molecule has 0 saturated carbocycles. The van der Waals surface area contributed by atoms with E-state index in [0.717, 1.165) is 5.69 Å². The molecular weight excluding hydrogens is 158 g/mol. The van der Waals surface area contributed by atoms with Gasteiger partial charge in [-0.2, -0.15) is 0 Å². The van der Waals surface area contributed by atoms with Gasteiger partial charge in [0, 0.05) is 5.69 Å². The van der Waals surface area contributed by atoms with Crippen LogP contribution in [0.5, 0.6) is 0 Å². The van der Waals surface area contributed by atoms with Crippen LogP contribution in [0.15, 0.2) is 12.1 Å². The summed E-state index contributed by atoms with van der Waals surface area (Å²) >= 11 is 0. The van der Waals surface area contributed by atoms with Crippen molar-refractivity contribution in [2.24, 2.45) is 0 Å². The summed E-state index contributed by atoms with van der Waals surface area (Å²) in [7, 11) is 0. The monoisotopic (exact) mass is 177 g/mol. The molecule has 0 unspecified atom stereocenters. The SMILES string of the molecule is CC.Cc1cc2c(cc1N)CCC2. The van der Waals surface area contributed by atoms with E-state index in [1.54, 1.807) is 0 Å². The Morgan fingerprint density at radius 2 is 1.62 bits per heavy atom. The Hall–Kier alpha value is -0.980. The number of fused-ring (bicyclic) bond motifs is 1. The molecule has 1 nitrogen and oxygen atoms in total. The Morgan fingerprint density at radius 3 is 2.23 bits per heavy atom. The molecule has 0 bridgehead atoms. The van der Waals surface area contributed by atoms with Gasteiger partial charge in [0.2, 0.25) is 0 Å². The van der Waals surface area contributed by atoms with Crippen LogP contribution in [0.1, 0.15) is 37.0 Å². The van der Waals surface area contributed by atoms with Crippen LogP contribution < -0.4 is 5.73 Å². The van der Waals surface area contributed by atoms with Crippen molar-refractivity contribution in [2.45, 2.75) is 40.0 Å². The Kier molecular flexibility index (Phi) is 3.35. The highest BCUT2D eigenvalue weighted by atomic mass is 14.6. The van der Waals surface area contributed by atoms with Gasteiger partial charge in [0.05, 0.1) is 0 Å². The van der Waals surface area contributed by atoms with Crippen molar-refractivity contribution in [2.75, 3.05) is 5.73 Å². The lowest BCUT2D eigenvalue weighted by atomic mass is 10.1. The number of nitrogens with two attached hydrogens (primary N) is 1. The summed E-state index contributed by atoms with van der Waals surface area (Å²) < 4.78 is 0. The van der Waals surface area contributed by atoms with E-state index >= 15 is 0 Å². The number of rotatable bonds is 0. The molecule has 0 radical (unpaired) electrons. The van der Waals surface area contributed by atoms with E-state index in [0.29, 0.717) is 0 Å². The molecule has 2 N–H and O–H groups in total. The van der Waals surface area contributed by atoms with Crippen molar-refractivity contribution >= 4 is 5.69 Å². The Balaban J connectivity index is 0.000000396. The van der Waals surface area contributed by atoms with Crippen molar-refractivity contribution in [3.05, 3.63) is 28.8 Å². The van der Waals surface area contributed by atoms with Crippen molar-refractivity contribution in [1.82, 2.24) is 0 Å². The third kappa shape index (κ3) is 2.03. The summed E-state index contributed by atoms with van der Waals surface area (Å²) in [6, 6.07) is 4.37. The van der Waals surface area contributed by atoms with E-state index in [9.17, 15) is 0 Å². The fourth-order valence-corrected chi connectivity index (χ4v) is 1.77. The number of anilines is 1. The standard InChI is InChI=1S/C10H13N.C2H6/c1-7-5-8-3-2-4-9(8)6-10(7)11;1-2/h5-6H,2-4,11H2,1H3;1-2H3. The normalized spacial score (nSPS) is 13.2. The van der Waals surface area contributed by atoms with Gasteiger partial charge in [-0.15, -0.1) is 0 Å². The van der Waals surface area contributed by atoms with Crippen LogP contribution in [0.4, 0.5) is 5.69 Å². The van der Waals surface area contributed by atoms with E-state index in [-0.39, 0.29) is 0 Å². The van der Waals surface area contributed by atoms with Gasteiger partial charge in [-0.05, 0) is 48.9 Å². The van der Waals surface area contributed by atoms with Gasteiger partial charge < -0.3 is 5.73 Å². The quantitative estimate of drug-likeness (QED) is 0.605. The van der Waals surface area contributed by atoms with Crippen molar-refractivity contribution in [1.29, 1.82) is 0 Å². The highest BCUT2D eigenvalue weighted by molar-refractivity contribution is 5.52. The fraction of sp³-hybridized carbons (Fsp3) is 0.500. The lowest BCUT2D eigenvalue weighted by Gasteiger charge is -2.03. The van der Waals surface area contributed by atoms with Gasteiger partial charge in [0.15, 0.2) is 0 Å². The summed E-state index contributed by atoms with van der Waals surface area (Å²) in [4.78, 5) is 0. The third-order valence-corrected chi connectivity index (χ3v) is 2.48. The van der Waals surface area contributed by atoms with E-state index in [2.05, 4.69) is 19.1 Å². The first kappa shape index (κ1) is 10.1. The van der Waals surface area contributed by atoms with Crippen LogP contribution in [0, 0.1) is 6.92 Å². The van der Waals surface area contributed by atoms with Gasteiger partial charge >= 0.3 is 0 Å². The molecule has 0 atom stereocenters. The highest BCUT2D eigenvalue weighted by Gasteiger charge is 2.11. The third-order valence-electron chi connectivity index (χ3n) is 2.48. The molecule has 1 aromatic rings. The van der Waals surface area contributed by atoms with Crippen molar-refractivity contribution < 1.29 is 0 Å². The highest BCUT2D eigenvalue weighted by Crippen LogP contribution is 2.26. The molecule has 0 spiro atoms. The molecule has 1 aromatic carbocycles. The van der Waals surface area contributed by atoms with Crippen LogP contribution in [0.3, 0.4) is 0 Å². The maximum atomic E-state index is 5.79. The zero-order valence-corrected chi connectivity index (χ0v) is 8.85. The maximum absolute atomic E-state index is 5.79. The molecular formula is C12H19N. The second-order valence-corrected chi connectivity index (χ2v) is 3.33. The molecule has 2 rings (SSSR count). The fourth-order valence-electron chi connectivity index (χ4n) is 1.77. The van der Waals surface area contributed by atoms with Gasteiger partial charge in [-0.1, -0.05) is 19.9 Å². The van der Waals surface area contributed by atoms with Crippen LogP contribution in [0.25, 0.3) is 0 Å². The largest absolute Gasteiger partial charge is 0.399 e. The second-order valence-electron chi connectivity index (χ2n) is 3.33. The molecule has 0 fully saturated rings. The number of hydrogen-bond donors (Lipinski definition) is 1. The number of nitrogen functional groups attached to an aromatic ring is 1. The molecule has 0 heterocycles. The van der Waals surface area contributed by atoms with E-state index in [1.807, 2.05) is 13.8 Å². The van der Waals surface area contributed by atoms with Gasteiger partial charge in [0.25, 0.3) is 0 Å². The van der Waals surface area contributed by atoms with Crippen LogP contribution in [-0.4, -0.2) is 0 Å². The first-order chi connectivity index (χ1) is 6.27. The minimum Gasteiger partial charge on any atom is -0.399 e. The molecule has 72 valence electrons. The minimum absolute atomic E-state index is 0.950. The van der Waals surface area contributed by atoms with Crippen LogP contribution >= 0.6 is 0 Å². The molecule has 0 saturated heterocycles. The summed E-state index contributed by atoms with van der Waals surface area (Å²) in [5.41, 5.74) is 10.9. The Morgan fingerprint density at radius 1 is 1.08 bits per heavy atom. The number of benzene rings is 1. The lowest BCUT2D eigenvalue weighted by Crippen LogP contribution is -1.92. The average molecular weight is 177 g/mol. The zero-order chi connectivity index (χ0) is 9.84. The van der Waals surface area contributed by atoms with Crippen molar-refractivity contribution in [3.63, 3.8) is 0 Å². The number of hydrogen-bond acceptors (Lipinski definition) is 1. The zero-order valence-electron chi connectivity index (χ0n) is 8.85. The molecule has 0 aliphatic heterocycles. The second kappa shape index (κ2) is 4.31. The van der Waals surface area contributed by atoms with E-state index in [4.69, 9.17) is 5.73 Å². The van der Waals surface area contributed by atoms with Crippen LogP contribution in [-0.2, 0) is 12.8 Å². The van der Waals surface area contributed by atoms with Gasteiger partial charge in [-0.25, -0.2) is 0 Å². The van der Waals surface area contributed by atoms with Crippen molar-refractivity contribution in [3.8, 4) is 0 Å². The lowest BCUT2D eigenvalue weighted by molar-refractivity contribution is 0.911. The van der Waals surface area contributed by atoms with E-state index in [1.165, 1.54) is 36.0 Å². The van der Waals surface area contributed by atoms with Crippen LogP contribution in [0.2, 0.25) is 0 Å². The van der Waals surface area contributed by atoms with Gasteiger partial charge in [0.1, 0.15) is 0 Å². The molecule has 1 aliphatic rings. The summed E-state index contributed by atoms with van der Waals surface area (Å²) in [5, 5.41) is 0. The molecule has 0 amide bonds. The predicted octanol–water partition coefficient (Wildman–Crippen LogP) is 3.09. The summed E-state index contributed by atoms with van der Waals surface area (Å²) in [6.45, 7) is 6.08. The molecule has 1 aliphatic carbocycles. The number of aryl methyl sites for hydroxylation is 3. The molecule has 13 heavy (non-hydrogen) atoms. The average Bonchev–Trinajstić information content (AvgIpc) is 2.56. The first-order valence-electron chi connectivity index (χ1n) is 5.15. The summed E-state index contributed by atoms with van der Waals surface area (Å²) in [5.74, 6) is 0.